The lowest BCUT2D eigenvalue weighted by atomic mass is 10.1. The second kappa shape index (κ2) is 10.6. The summed E-state index contributed by atoms with van der Waals surface area (Å²) in [5.74, 6) is -0.955. The lowest BCUT2D eigenvalue weighted by molar-refractivity contribution is -0.139. The second-order valence-electron chi connectivity index (χ2n) is 5.80. The summed E-state index contributed by atoms with van der Waals surface area (Å²) >= 11 is 0. The molecule has 21 heavy (non-hydrogen) atoms. The average Bonchev–Trinajstić information content (AvgIpc) is 2.75. The highest BCUT2D eigenvalue weighted by Crippen LogP contribution is 2.16. The van der Waals surface area contributed by atoms with Gasteiger partial charge in [0.2, 0.25) is 0 Å². The molecule has 0 saturated heterocycles. The maximum atomic E-state index is 11.8. The SMILES string of the molecule is CCN(CC)CCCNC(=O)C(=O)NC1CCCCCC1. The molecule has 0 heterocycles. The molecule has 2 amide bonds. The van der Waals surface area contributed by atoms with E-state index in [-0.39, 0.29) is 6.04 Å². The van der Waals surface area contributed by atoms with Crippen LogP contribution in [-0.2, 0) is 9.59 Å². The van der Waals surface area contributed by atoms with Crippen LogP contribution in [0.1, 0.15) is 58.8 Å². The maximum absolute atomic E-state index is 11.8. The normalized spacial score (nSPS) is 16.5. The zero-order valence-corrected chi connectivity index (χ0v) is 13.6. The summed E-state index contributed by atoms with van der Waals surface area (Å²) in [6.07, 6.45) is 7.66. The molecule has 1 aliphatic rings. The first-order valence-corrected chi connectivity index (χ1v) is 8.48. The smallest absolute Gasteiger partial charge is 0.309 e. The molecule has 0 aliphatic heterocycles. The van der Waals surface area contributed by atoms with E-state index < -0.39 is 11.8 Å². The van der Waals surface area contributed by atoms with Gasteiger partial charge in [0.1, 0.15) is 0 Å². The molecule has 1 rings (SSSR count). The van der Waals surface area contributed by atoms with Gasteiger partial charge in [-0.2, -0.15) is 0 Å². The molecule has 1 saturated carbocycles. The van der Waals surface area contributed by atoms with Gasteiger partial charge >= 0.3 is 11.8 Å². The van der Waals surface area contributed by atoms with Gasteiger partial charge in [-0.3, -0.25) is 9.59 Å². The number of hydrogen-bond acceptors (Lipinski definition) is 3. The fraction of sp³-hybridized carbons (Fsp3) is 0.875. The van der Waals surface area contributed by atoms with Crippen LogP contribution in [0.15, 0.2) is 0 Å². The predicted octanol–water partition coefficient (Wildman–Crippen LogP) is 1.67. The summed E-state index contributed by atoms with van der Waals surface area (Å²) in [5.41, 5.74) is 0. The van der Waals surface area contributed by atoms with Crippen LogP contribution in [0, 0.1) is 0 Å². The third kappa shape index (κ3) is 7.46. The topological polar surface area (TPSA) is 61.4 Å². The van der Waals surface area contributed by atoms with Crippen LogP contribution in [0.5, 0.6) is 0 Å². The summed E-state index contributed by atoms with van der Waals surface area (Å²) in [6, 6.07) is 0.182. The van der Waals surface area contributed by atoms with Crippen LogP contribution >= 0.6 is 0 Å². The number of carbonyl (C=O) groups is 2. The van der Waals surface area contributed by atoms with Crippen LogP contribution in [0.3, 0.4) is 0 Å². The molecular weight excluding hydrogens is 266 g/mol. The first-order chi connectivity index (χ1) is 10.2. The average molecular weight is 297 g/mol. The number of rotatable bonds is 7. The van der Waals surface area contributed by atoms with Crippen molar-refractivity contribution >= 4 is 11.8 Å². The minimum absolute atomic E-state index is 0.182. The molecule has 1 fully saturated rings. The summed E-state index contributed by atoms with van der Waals surface area (Å²) < 4.78 is 0. The van der Waals surface area contributed by atoms with E-state index in [9.17, 15) is 9.59 Å². The molecule has 1 aliphatic carbocycles. The Hall–Kier alpha value is -1.10. The molecule has 0 spiro atoms. The molecule has 5 heteroatoms. The lowest BCUT2D eigenvalue weighted by Gasteiger charge is -2.18. The standard InChI is InChI=1S/C16H31N3O2/c1-3-19(4-2)13-9-12-17-15(20)16(21)18-14-10-7-5-6-8-11-14/h14H,3-13H2,1-2H3,(H,17,20)(H,18,21). The fourth-order valence-electron chi connectivity index (χ4n) is 2.80. The predicted molar refractivity (Wildman–Crippen MR) is 85.0 cm³/mol. The lowest BCUT2D eigenvalue weighted by Crippen LogP contribution is -2.45. The van der Waals surface area contributed by atoms with E-state index in [2.05, 4.69) is 29.4 Å². The Morgan fingerprint density at radius 2 is 1.62 bits per heavy atom. The molecule has 5 nitrogen and oxygen atoms in total. The Bertz CT molecular complexity index is 309. The summed E-state index contributed by atoms with van der Waals surface area (Å²) in [6.45, 7) is 7.81. The second-order valence-corrected chi connectivity index (χ2v) is 5.80. The zero-order valence-electron chi connectivity index (χ0n) is 13.6. The van der Waals surface area contributed by atoms with Crippen molar-refractivity contribution in [1.29, 1.82) is 0 Å². The molecule has 0 radical (unpaired) electrons. The van der Waals surface area contributed by atoms with Gasteiger partial charge in [-0.25, -0.2) is 0 Å². The third-order valence-electron chi connectivity index (χ3n) is 4.23. The minimum Gasteiger partial charge on any atom is -0.348 e. The fourth-order valence-corrected chi connectivity index (χ4v) is 2.80. The summed E-state index contributed by atoms with van der Waals surface area (Å²) in [5, 5.41) is 5.58. The zero-order chi connectivity index (χ0) is 15.5. The Labute approximate surface area is 128 Å². The van der Waals surface area contributed by atoms with Crippen molar-refractivity contribution in [3.05, 3.63) is 0 Å². The number of amides is 2. The summed E-state index contributed by atoms with van der Waals surface area (Å²) in [7, 11) is 0. The van der Waals surface area contributed by atoms with Gasteiger partial charge in [-0.15, -0.1) is 0 Å². The molecular formula is C16H31N3O2. The summed E-state index contributed by atoms with van der Waals surface area (Å²) in [4.78, 5) is 25.9. The third-order valence-corrected chi connectivity index (χ3v) is 4.23. The molecule has 0 aromatic heterocycles. The molecule has 122 valence electrons. The highest BCUT2D eigenvalue weighted by molar-refractivity contribution is 6.35. The highest BCUT2D eigenvalue weighted by atomic mass is 16.2. The van der Waals surface area contributed by atoms with Crippen LogP contribution < -0.4 is 10.6 Å². The van der Waals surface area contributed by atoms with Gasteiger partial charge in [-0.05, 0) is 38.9 Å². The van der Waals surface area contributed by atoms with E-state index in [1.54, 1.807) is 0 Å². The largest absolute Gasteiger partial charge is 0.348 e. The molecule has 0 bridgehead atoms. The van der Waals surface area contributed by atoms with E-state index in [1.807, 2.05) is 0 Å². The van der Waals surface area contributed by atoms with Crippen molar-refractivity contribution in [2.45, 2.75) is 64.8 Å². The van der Waals surface area contributed by atoms with E-state index in [0.717, 1.165) is 51.7 Å². The molecule has 0 aromatic carbocycles. The van der Waals surface area contributed by atoms with Gasteiger partial charge in [0.15, 0.2) is 0 Å². The van der Waals surface area contributed by atoms with Crippen molar-refractivity contribution in [1.82, 2.24) is 15.5 Å². The van der Waals surface area contributed by atoms with Crippen molar-refractivity contribution in [3.8, 4) is 0 Å². The maximum Gasteiger partial charge on any atom is 0.309 e. The Morgan fingerprint density at radius 3 is 2.19 bits per heavy atom. The number of nitrogens with one attached hydrogen (secondary N) is 2. The van der Waals surface area contributed by atoms with Gasteiger partial charge in [0, 0.05) is 12.6 Å². The highest BCUT2D eigenvalue weighted by Gasteiger charge is 2.19. The van der Waals surface area contributed by atoms with Crippen molar-refractivity contribution < 1.29 is 9.59 Å². The number of nitrogens with zero attached hydrogens (tertiary/aromatic N) is 1. The molecule has 2 N–H and O–H groups in total. The molecule has 0 unspecified atom stereocenters. The number of carbonyl (C=O) groups excluding carboxylic acids is 2. The van der Waals surface area contributed by atoms with Crippen LogP contribution in [0.4, 0.5) is 0 Å². The van der Waals surface area contributed by atoms with Crippen molar-refractivity contribution in [3.63, 3.8) is 0 Å². The van der Waals surface area contributed by atoms with E-state index >= 15 is 0 Å². The molecule has 0 atom stereocenters. The quantitative estimate of drug-likeness (QED) is 0.427. The monoisotopic (exact) mass is 297 g/mol. The first kappa shape index (κ1) is 18.0. The number of hydrogen-bond donors (Lipinski definition) is 2. The van der Waals surface area contributed by atoms with Gasteiger partial charge < -0.3 is 15.5 Å². The van der Waals surface area contributed by atoms with E-state index in [0.29, 0.717) is 6.54 Å². The van der Waals surface area contributed by atoms with E-state index in [4.69, 9.17) is 0 Å². The Balaban J connectivity index is 2.17. The first-order valence-electron chi connectivity index (χ1n) is 8.48. The van der Waals surface area contributed by atoms with Crippen LogP contribution in [-0.4, -0.2) is 48.9 Å². The Kier molecular flexibility index (Phi) is 9.06. The van der Waals surface area contributed by atoms with Crippen LogP contribution in [0.2, 0.25) is 0 Å². The molecule has 0 aromatic rings. The van der Waals surface area contributed by atoms with Gasteiger partial charge in [-0.1, -0.05) is 39.5 Å². The van der Waals surface area contributed by atoms with Gasteiger partial charge in [0.05, 0.1) is 0 Å². The van der Waals surface area contributed by atoms with Gasteiger partial charge in [0.25, 0.3) is 0 Å². The van der Waals surface area contributed by atoms with Crippen LogP contribution in [0.25, 0.3) is 0 Å². The Morgan fingerprint density at radius 1 is 1.00 bits per heavy atom. The van der Waals surface area contributed by atoms with E-state index in [1.165, 1.54) is 12.8 Å². The van der Waals surface area contributed by atoms with Crippen molar-refractivity contribution in [2.75, 3.05) is 26.2 Å². The minimum atomic E-state index is -0.487. The van der Waals surface area contributed by atoms with Crippen molar-refractivity contribution in [2.24, 2.45) is 0 Å².